The monoisotopic (exact) mass is 917 g/mol. The molecule has 0 fully saturated rings. The van der Waals surface area contributed by atoms with E-state index in [1.807, 2.05) is 13.8 Å². The summed E-state index contributed by atoms with van der Waals surface area (Å²) < 4.78 is 18.8. The van der Waals surface area contributed by atoms with Gasteiger partial charge in [-0.1, -0.05) is 13.8 Å². The smallest absolute Gasteiger partial charge is 0.870 e. The topological polar surface area (TPSA) is 239 Å². The summed E-state index contributed by atoms with van der Waals surface area (Å²) in [5.74, 6) is -4.27. The summed E-state index contributed by atoms with van der Waals surface area (Å²) in [6.45, 7) is 15.0. The Hall–Kier alpha value is -4.56. The first-order chi connectivity index (χ1) is 26.8. The number of carbonyl (C=O) groups is 6. The minimum absolute atomic E-state index is 0. The molecule has 1 amide bonds. The van der Waals surface area contributed by atoms with E-state index in [0.29, 0.717) is 29.8 Å². The first kappa shape index (κ1) is 55.5. The second-order valence-electron chi connectivity index (χ2n) is 12.4. The van der Waals surface area contributed by atoms with Gasteiger partial charge in [0, 0.05) is 18.7 Å². The number of alkyl halides is 2. The molecule has 0 bridgehead atoms. The predicted molar refractivity (Wildman–Crippen MR) is 229 cm³/mol. The standard InChI is InChI=1S/C15H21NO3.2C10H10O4.C7H16IN.Li.H2O/c1-4-6-16(7-5-2)14(17)12-8-11(3)9-13(10-12)15(18)19;2*1-6-3-7(9(11)12)5-8(4-6)10(13)14-2;1-3-5-8(7-9)6-4-2;;/h8-10H,4-7H2,1-3H3,(H,18,19);2*3-5H,1-2H3,(H,11,12);7,9H,3-6H2,1-2H3;;1H2/q;;;;+1;/p-1/i;;;7D;;. The fraction of sp³-hybridized carbons (Fsp3) is 0.405. The minimum atomic E-state index is -1.22. The number of esters is 2. The first-order valence-electron chi connectivity index (χ1n) is 18.5. The van der Waals surface area contributed by atoms with Crippen LogP contribution in [0.2, 0.25) is 0 Å². The van der Waals surface area contributed by atoms with Gasteiger partial charge in [-0.15, -0.1) is 0 Å². The Morgan fingerprint density at radius 3 is 1.16 bits per heavy atom. The predicted octanol–water partition coefficient (Wildman–Crippen LogP) is 5.66. The Morgan fingerprint density at radius 2 is 0.897 bits per heavy atom. The number of hydrogen-bond donors (Lipinski definition) is 4. The number of hydrogen-bond acceptors (Lipinski definition) is 10. The van der Waals surface area contributed by atoms with Gasteiger partial charge in [0.05, 0.1) is 42.0 Å². The number of carboxylic acid groups (broad SMARTS) is 3. The van der Waals surface area contributed by atoms with Gasteiger partial charge < -0.3 is 35.2 Å². The van der Waals surface area contributed by atoms with E-state index >= 15 is 0 Å². The first-order valence-corrected chi connectivity index (χ1v) is 22.1. The van der Waals surface area contributed by atoms with Crippen molar-refractivity contribution in [1.29, 1.82) is 5.41 Å². The third kappa shape index (κ3) is 21.8. The molecule has 5 N–H and O–H groups in total. The van der Waals surface area contributed by atoms with E-state index in [-0.39, 0.29) is 62.3 Å². The van der Waals surface area contributed by atoms with Crippen LogP contribution >= 0.6 is 19.8 Å². The molecule has 3 aromatic carbocycles. The third-order valence-electron chi connectivity index (χ3n) is 7.30. The van der Waals surface area contributed by atoms with Gasteiger partial charge in [-0.3, -0.25) is 4.79 Å². The van der Waals surface area contributed by atoms with E-state index in [9.17, 15) is 28.8 Å². The van der Waals surface area contributed by atoms with Crippen molar-refractivity contribution in [1.82, 2.24) is 4.90 Å². The molecule has 0 radical (unpaired) electrons. The summed E-state index contributed by atoms with van der Waals surface area (Å²) in [7, 11) is 2.51. The number of methoxy groups -OCH3 is 2. The van der Waals surface area contributed by atoms with Gasteiger partial charge in [-0.25, -0.2) is 24.0 Å². The average Bonchev–Trinajstić information content (AvgIpc) is 3.16. The number of benzene rings is 3. The van der Waals surface area contributed by atoms with Crippen molar-refractivity contribution in [2.45, 2.75) is 74.1 Å². The fourth-order valence-corrected chi connectivity index (χ4v) is 8.68. The zero-order valence-electron chi connectivity index (χ0n) is 36.2. The average molecular weight is 918 g/mol. The van der Waals surface area contributed by atoms with Crippen LogP contribution in [-0.4, -0.2) is 102 Å². The molecule has 14 nitrogen and oxygen atoms in total. The number of halogens is 1. The summed E-state index contributed by atoms with van der Waals surface area (Å²) in [5, 5.41) is 33.7. The van der Waals surface area contributed by atoms with Crippen LogP contribution in [0.5, 0.6) is 0 Å². The molecular formula is C42H58ILiN2O12. The van der Waals surface area contributed by atoms with Crippen LogP contribution in [0.3, 0.4) is 0 Å². The Bertz CT molecular complexity index is 1770. The second kappa shape index (κ2) is 31.4. The molecule has 316 valence electrons. The number of carboxylic acids is 3. The molecule has 0 saturated heterocycles. The number of rotatable bonds is 15. The number of ether oxygens (including phenoxy) is 2. The fourth-order valence-electron chi connectivity index (χ4n) is 5.00. The van der Waals surface area contributed by atoms with Crippen molar-refractivity contribution in [3.05, 3.63) is 105 Å². The van der Waals surface area contributed by atoms with Crippen molar-refractivity contribution in [3.63, 3.8) is 0 Å². The van der Waals surface area contributed by atoms with Gasteiger partial charge >= 0.3 is 115 Å². The van der Waals surface area contributed by atoms with Crippen LogP contribution < -0.4 is 18.9 Å². The Kier molecular flexibility index (Phi) is 30.1. The van der Waals surface area contributed by atoms with Crippen molar-refractivity contribution >= 4 is 59.8 Å². The van der Waals surface area contributed by atoms with Gasteiger partial charge in [-0.2, -0.15) is 0 Å². The largest absolute Gasteiger partial charge is 1.00 e. The van der Waals surface area contributed by atoms with Gasteiger partial charge in [0.25, 0.3) is 5.91 Å². The van der Waals surface area contributed by atoms with Crippen molar-refractivity contribution in [2.75, 3.05) is 36.2 Å². The Morgan fingerprint density at radius 1 is 0.603 bits per heavy atom. The molecule has 0 aliphatic rings. The summed E-state index contributed by atoms with van der Waals surface area (Å²) >= 11 is -1.22. The zero-order valence-corrected chi connectivity index (χ0v) is 37.4. The maximum atomic E-state index is 12.4. The van der Waals surface area contributed by atoms with Crippen LogP contribution in [0.4, 0.5) is 0 Å². The summed E-state index contributed by atoms with van der Waals surface area (Å²) in [4.78, 5) is 68.8. The van der Waals surface area contributed by atoms with Crippen LogP contribution in [0.25, 0.3) is 0 Å². The molecule has 3 aromatic rings. The number of aromatic carboxylic acids is 3. The second-order valence-corrected chi connectivity index (χ2v) is 17.7. The van der Waals surface area contributed by atoms with Crippen LogP contribution in [0.15, 0.2) is 54.6 Å². The van der Waals surface area contributed by atoms with Gasteiger partial charge in [0.2, 0.25) is 0 Å². The number of amides is 1. The maximum Gasteiger partial charge on any atom is 1.00 e. The summed E-state index contributed by atoms with van der Waals surface area (Å²) in [5.41, 5.74) is 3.52. The molecular weight excluding hydrogens is 858 g/mol. The molecule has 3 rings (SSSR count). The number of nitrogens with one attached hydrogen (secondary N) is 1. The van der Waals surface area contributed by atoms with E-state index in [2.05, 4.69) is 23.3 Å². The van der Waals surface area contributed by atoms with Gasteiger partial charge in [0.15, 0.2) is 0 Å². The Balaban J connectivity index is -0.000000717. The van der Waals surface area contributed by atoms with Crippen molar-refractivity contribution in [2.24, 2.45) is 0 Å². The molecule has 0 unspecified atom stereocenters. The zero-order chi connectivity index (χ0) is 43.8. The van der Waals surface area contributed by atoms with E-state index in [1.165, 1.54) is 53.4 Å². The molecule has 0 saturated carbocycles. The normalized spacial score (nSPS) is 9.95. The molecule has 0 atom stereocenters. The number of aryl methyl sites for hydroxylation is 3. The minimum Gasteiger partial charge on any atom is -0.870 e. The molecule has 0 aliphatic heterocycles. The van der Waals surface area contributed by atoms with Crippen LogP contribution in [-0.2, 0) is 9.47 Å². The van der Waals surface area contributed by atoms with Crippen LogP contribution in [0, 0.1) is 26.2 Å². The van der Waals surface area contributed by atoms with Gasteiger partial charge in [0.1, 0.15) is 0 Å². The molecule has 16 heteroatoms. The molecule has 0 aromatic heterocycles. The van der Waals surface area contributed by atoms with Crippen molar-refractivity contribution in [3.8, 4) is 0 Å². The molecule has 0 heterocycles. The quantitative estimate of drug-likeness (QED) is 0.0475. The van der Waals surface area contributed by atoms with E-state index in [1.54, 1.807) is 49.9 Å². The summed E-state index contributed by atoms with van der Waals surface area (Å²) in [6.07, 6.45) is 4.10. The van der Waals surface area contributed by atoms with Gasteiger partial charge in [-0.05, 0) is 105 Å². The molecule has 0 aliphatic carbocycles. The Labute approximate surface area is 362 Å². The maximum absolute atomic E-state index is 12.4. The number of nitrogens with zero attached hydrogens (tertiary/aromatic N) is 1. The van der Waals surface area contributed by atoms with Crippen molar-refractivity contribution < 1.29 is 79.3 Å². The number of carbonyl (C=O) groups excluding carboxylic acids is 3. The third-order valence-corrected chi connectivity index (χ3v) is 12.8. The SMILES string of the molecule is CCCN(CCC)C(=O)c1cc(C)cc(C(=O)O)c1.COC(=O)c1cc(C)cc(C(=O)O)c1.COC(=O)c1cc(C)cc(C(=O)O)c1.[2H]C(=N)I(CCC)CCC.[Li+].[OH-]. The molecule has 58 heavy (non-hydrogen) atoms. The van der Waals surface area contributed by atoms with Crippen LogP contribution in [0.1, 0.15) is 134 Å². The summed E-state index contributed by atoms with van der Waals surface area (Å²) in [6, 6.07) is 13.5. The van der Waals surface area contributed by atoms with E-state index < -0.39 is 49.7 Å². The van der Waals surface area contributed by atoms with E-state index in [4.69, 9.17) is 22.1 Å². The molecule has 0 spiro atoms. The van der Waals surface area contributed by atoms with E-state index in [0.717, 1.165) is 31.2 Å².